The number of nitrogens with zero attached hydrogens (tertiary/aromatic N) is 1. The topological polar surface area (TPSA) is 57.6 Å². The van der Waals surface area contributed by atoms with E-state index < -0.39 is 12.5 Å². The molecule has 7 heteroatoms. The second-order valence-corrected chi connectivity index (χ2v) is 6.52. The van der Waals surface area contributed by atoms with Crippen molar-refractivity contribution in [3.63, 3.8) is 0 Å². The minimum Gasteiger partial charge on any atom is -0.480 e. The SMILES string of the molecule is O=C(O)CN1C(=O)C(=Cc2ccccc2I)SC1=S. The Bertz CT molecular complexity index is 600. The van der Waals surface area contributed by atoms with E-state index in [1.165, 1.54) is 0 Å². The molecule has 0 atom stereocenters. The van der Waals surface area contributed by atoms with Gasteiger partial charge < -0.3 is 5.11 Å². The summed E-state index contributed by atoms with van der Waals surface area (Å²) >= 11 is 8.33. The summed E-state index contributed by atoms with van der Waals surface area (Å²) in [5.41, 5.74) is 0.916. The summed E-state index contributed by atoms with van der Waals surface area (Å²) in [4.78, 5) is 24.3. The number of aliphatic carboxylic acids is 1. The summed E-state index contributed by atoms with van der Waals surface area (Å²) in [6.07, 6.45) is 1.74. The zero-order valence-corrected chi connectivity index (χ0v) is 13.3. The van der Waals surface area contributed by atoms with E-state index in [0.717, 1.165) is 25.8 Å². The predicted molar refractivity (Wildman–Crippen MR) is 86.7 cm³/mol. The van der Waals surface area contributed by atoms with Crippen molar-refractivity contribution in [1.82, 2.24) is 4.90 Å². The van der Waals surface area contributed by atoms with Gasteiger partial charge in [-0.15, -0.1) is 0 Å². The molecule has 4 nitrogen and oxygen atoms in total. The van der Waals surface area contributed by atoms with E-state index in [0.29, 0.717) is 4.91 Å². The lowest BCUT2D eigenvalue weighted by atomic mass is 10.2. The van der Waals surface area contributed by atoms with Crippen LogP contribution in [0.15, 0.2) is 29.2 Å². The Labute approximate surface area is 133 Å². The molecule has 1 aliphatic heterocycles. The third-order valence-electron chi connectivity index (χ3n) is 2.36. The number of carbonyl (C=O) groups is 2. The Morgan fingerprint density at radius 1 is 1.47 bits per heavy atom. The monoisotopic (exact) mass is 405 g/mol. The number of halogens is 1. The van der Waals surface area contributed by atoms with Crippen molar-refractivity contribution in [3.8, 4) is 0 Å². The van der Waals surface area contributed by atoms with Gasteiger partial charge in [0.2, 0.25) is 0 Å². The van der Waals surface area contributed by atoms with Crippen LogP contribution in [-0.2, 0) is 9.59 Å². The fraction of sp³-hybridized carbons (Fsp3) is 0.0833. The lowest BCUT2D eigenvalue weighted by molar-refractivity contribution is -0.140. The van der Waals surface area contributed by atoms with Gasteiger partial charge in [0.05, 0.1) is 4.91 Å². The van der Waals surface area contributed by atoms with Crippen LogP contribution < -0.4 is 0 Å². The second kappa shape index (κ2) is 6.02. The van der Waals surface area contributed by atoms with Crippen molar-refractivity contribution < 1.29 is 14.7 Å². The molecule has 1 saturated heterocycles. The molecule has 1 aliphatic rings. The molecule has 98 valence electrons. The fourth-order valence-electron chi connectivity index (χ4n) is 1.50. The maximum absolute atomic E-state index is 12.1. The molecule has 1 N–H and O–H groups in total. The maximum atomic E-state index is 12.1. The summed E-state index contributed by atoms with van der Waals surface area (Å²) in [6.45, 7) is -0.395. The van der Waals surface area contributed by atoms with Gasteiger partial charge in [-0.25, -0.2) is 0 Å². The first-order valence-corrected chi connectivity index (χ1v) is 7.51. The van der Waals surface area contributed by atoms with Gasteiger partial charge in [-0.05, 0) is 40.3 Å². The molecule has 0 radical (unpaired) electrons. The molecule has 1 aromatic rings. The minimum absolute atomic E-state index is 0.282. The number of carboxylic acids is 1. The van der Waals surface area contributed by atoms with Crippen molar-refractivity contribution in [1.29, 1.82) is 0 Å². The van der Waals surface area contributed by atoms with Crippen LogP contribution in [0.5, 0.6) is 0 Å². The summed E-state index contributed by atoms with van der Waals surface area (Å²) in [6, 6.07) is 7.62. The average Bonchev–Trinajstić information content (AvgIpc) is 2.60. The Balaban J connectivity index is 2.28. The highest BCUT2D eigenvalue weighted by molar-refractivity contribution is 14.1. The molecule has 1 heterocycles. The van der Waals surface area contributed by atoms with Gasteiger partial charge in [0.1, 0.15) is 10.9 Å². The van der Waals surface area contributed by atoms with Gasteiger partial charge in [-0.1, -0.05) is 42.2 Å². The standard InChI is InChI=1S/C12H8INO3S2/c13-8-4-2-1-3-7(8)5-9-11(17)14(6-10(15)16)12(18)19-9/h1-5H,6H2,(H,15,16). The highest BCUT2D eigenvalue weighted by atomic mass is 127. The van der Waals surface area contributed by atoms with Crippen LogP contribution in [0.25, 0.3) is 6.08 Å². The van der Waals surface area contributed by atoms with E-state index in [2.05, 4.69) is 22.6 Å². The first kappa shape index (κ1) is 14.5. The van der Waals surface area contributed by atoms with E-state index in [1.54, 1.807) is 6.08 Å². The van der Waals surface area contributed by atoms with Crippen molar-refractivity contribution >= 4 is 68.8 Å². The smallest absolute Gasteiger partial charge is 0.323 e. The molecule has 0 aromatic heterocycles. The Kier molecular flexibility index (Phi) is 4.58. The van der Waals surface area contributed by atoms with Gasteiger partial charge >= 0.3 is 5.97 Å². The molecule has 0 unspecified atom stereocenters. The van der Waals surface area contributed by atoms with E-state index in [4.69, 9.17) is 17.3 Å². The molecule has 0 spiro atoms. The lowest BCUT2D eigenvalue weighted by Gasteiger charge is -2.10. The largest absolute Gasteiger partial charge is 0.480 e. The summed E-state index contributed by atoms with van der Waals surface area (Å²) < 4.78 is 1.30. The maximum Gasteiger partial charge on any atom is 0.323 e. The number of amides is 1. The summed E-state index contributed by atoms with van der Waals surface area (Å²) in [5.74, 6) is -1.43. The predicted octanol–water partition coefficient (Wildman–Crippen LogP) is 2.58. The van der Waals surface area contributed by atoms with Crippen LogP contribution in [0.3, 0.4) is 0 Å². The minimum atomic E-state index is -1.08. The van der Waals surface area contributed by atoms with E-state index in [9.17, 15) is 9.59 Å². The lowest BCUT2D eigenvalue weighted by Crippen LogP contribution is -2.33. The zero-order valence-electron chi connectivity index (χ0n) is 9.50. The third-order valence-corrected chi connectivity index (χ3v) is 4.72. The van der Waals surface area contributed by atoms with Gasteiger partial charge in [-0.3, -0.25) is 14.5 Å². The van der Waals surface area contributed by atoms with Crippen LogP contribution in [0.2, 0.25) is 0 Å². The highest BCUT2D eigenvalue weighted by Crippen LogP contribution is 2.32. The number of benzene rings is 1. The summed E-state index contributed by atoms with van der Waals surface area (Å²) in [7, 11) is 0. The molecule has 0 bridgehead atoms. The van der Waals surface area contributed by atoms with Crippen LogP contribution in [0.4, 0.5) is 0 Å². The Hall–Kier alpha value is -0.930. The van der Waals surface area contributed by atoms with E-state index in [-0.39, 0.29) is 10.2 Å². The van der Waals surface area contributed by atoms with Crippen LogP contribution in [-0.4, -0.2) is 32.7 Å². The first-order chi connectivity index (χ1) is 8.99. The molecule has 19 heavy (non-hydrogen) atoms. The zero-order chi connectivity index (χ0) is 14.0. The van der Waals surface area contributed by atoms with Crippen molar-refractivity contribution in [2.75, 3.05) is 6.54 Å². The molecule has 1 fully saturated rings. The number of carboxylic acid groups (broad SMARTS) is 1. The van der Waals surface area contributed by atoms with Crippen LogP contribution in [0.1, 0.15) is 5.56 Å². The Morgan fingerprint density at radius 3 is 2.79 bits per heavy atom. The number of carbonyl (C=O) groups excluding carboxylic acids is 1. The summed E-state index contributed by atoms with van der Waals surface area (Å²) in [5, 5.41) is 8.75. The number of rotatable bonds is 3. The van der Waals surface area contributed by atoms with Gasteiger partial charge in [0, 0.05) is 3.57 Å². The first-order valence-electron chi connectivity index (χ1n) is 5.20. The number of thiocarbonyl (C=S) groups is 1. The van der Waals surface area contributed by atoms with Gasteiger partial charge in [0.25, 0.3) is 5.91 Å². The quantitative estimate of drug-likeness (QED) is 0.476. The number of hydrogen-bond donors (Lipinski definition) is 1. The van der Waals surface area contributed by atoms with Crippen molar-refractivity contribution in [2.24, 2.45) is 0 Å². The van der Waals surface area contributed by atoms with Crippen molar-refractivity contribution in [2.45, 2.75) is 0 Å². The van der Waals surface area contributed by atoms with E-state index >= 15 is 0 Å². The van der Waals surface area contributed by atoms with E-state index in [1.807, 2.05) is 24.3 Å². The molecular weight excluding hydrogens is 397 g/mol. The van der Waals surface area contributed by atoms with Crippen LogP contribution in [0, 0.1) is 3.57 Å². The molecule has 2 rings (SSSR count). The Morgan fingerprint density at radius 2 is 2.16 bits per heavy atom. The molecule has 1 aromatic carbocycles. The van der Waals surface area contributed by atoms with Crippen molar-refractivity contribution in [3.05, 3.63) is 38.3 Å². The average molecular weight is 405 g/mol. The molecule has 0 saturated carbocycles. The number of hydrogen-bond acceptors (Lipinski definition) is 4. The van der Waals surface area contributed by atoms with Gasteiger partial charge in [0.15, 0.2) is 0 Å². The molecule has 0 aliphatic carbocycles. The van der Waals surface area contributed by atoms with Crippen LogP contribution >= 0.6 is 46.6 Å². The normalized spacial score (nSPS) is 17.3. The third kappa shape index (κ3) is 3.34. The highest BCUT2D eigenvalue weighted by Gasteiger charge is 2.33. The van der Waals surface area contributed by atoms with Gasteiger partial charge in [-0.2, -0.15) is 0 Å². The fourth-order valence-corrected chi connectivity index (χ4v) is 3.29. The molecule has 1 amide bonds. The molecular formula is C12H8INO3S2. The number of thioether (sulfide) groups is 1. The second-order valence-electron chi connectivity index (χ2n) is 3.68.